The molecule has 0 aliphatic carbocycles. The molecule has 0 bridgehead atoms. The molecule has 0 amide bonds. The normalized spacial score (nSPS) is 12.8. The molecular formula is C24H23NO3. The van der Waals surface area contributed by atoms with Crippen LogP contribution in [-0.2, 0) is 0 Å². The van der Waals surface area contributed by atoms with Crippen molar-refractivity contribution in [3.05, 3.63) is 102 Å². The molecule has 4 heteroatoms. The lowest BCUT2D eigenvalue weighted by atomic mass is 10.0. The van der Waals surface area contributed by atoms with Gasteiger partial charge in [-0.3, -0.25) is 4.79 Å². The largest absolute Gasteiger partial charge is 0.423 e. The van der Waals surface area contributed by atoms with Crippen LogP contribution in [0, 0.1) is 0 Å². The van der Waals surface area contributed by atoms with Gasteiger partial charge in [-0.25, -0.2) is 4.79 Å². The van der Waals surface area contributed by atoms with Crippen molar-refractivity contribution in [1.82, 2.24) is 5.32 Å². The van der Waals surface area contributed by atoms with Gasteiger partial charge in [-0.15, -0.1) is 0 Å². The summed E-state index contributed by atoms with van der Waals surface area (Å²) in [5.41, 5.74) is 2.18. The highest BCUT2D eigenvalue weighted by Gasteiger charge is 2.18. The standard InChI is InChI=1S/C24H23NO3/c1-17(19-9-5-3-6-10-19)25-18(2)23(26)20-13-15-22(16-14-20)28-24(27)21-11-7-4-8-12-21/h3-18,25H,1-2H3/t17-,18-/m1/s1. The Morgan fingerprint density at radius 1 is 0.750 bits per heavy atom. The Hall–Kier alpha value is -3.24. The number of Topliss-reactive ketones (excluding diaryl/α,β-unsaturated/α-hetero) is 1. The van der Waals surface area contributed by atoms with Crippen LogP contribution in [0.2, 0.25) is 0 Å². The molecule has 0 saturated heterocycles. The van der Waals surface area contributed by atoms with Crippen LogP contribution in [0.1, 0.15) is 46.2 Å². The molecule has 0 unspecified atom stereocenters. The highest BCUT2D eigenvalue weighted by Crippen LogP contribution is 2.17. The first kappa shape index (κ1) is 19.5. The number of nitrogens with one attached hydrogen (secondary N) is 1. The molecule has 3 rings (SSSR count). The molecule has 1 N–H and O–H groups in total. The van der Waals surface area contributed by atoms with Gasteiger partial charge in [0.1, 0.15) is 5.75 Å². The van der Waals surface area contributed by atoms with E-state index in [-0.39, 0.29) is 17.9 Å². The fourth-order valence-electron chi connectivity index (χ4n) is 2.97. The number of rotatable bonds is 7. The van der Waals surface area contributed by atoms with E-state index in [4.69, 9.17) is 4.74 Å². The zero-order valence-corrected chi connectivity index (χ0v) is 16.0. The Kier molecular flexibility index (Phi) is 6.35. The number of ketones is 1. The summed E-state index contributed by atoms with van der Waals surface area (Å²) in [6.45, 7) is 3.89. The summed E-state index contributed by atoms with van der Waals surface area (Å²) < 4.78 is 5.35. The van der Waals surface area contributed by atoms with Crippen LogP contribution < -0.4 is 10.1 Å². The van der Waals surface area contributed by atoms with E-state index in [0.29, 0.717) is 16.9 Å². The van der Waals surface area contributed by atoms with Gasteiger partial charge in [0.05, 0.1) is 11.6 Å². The van der Waals surface area contributed by atoms with E-state index in [1.54, 1.807) is 48.5 Å². The van der Waals surface area contributed by atoms with Crippen molar-refractivity contribution in [3.8, 4) is 5.75 Å². The summed E-state index contributed by atoms with van der Waals surface area (Å²) in [6, 6.07) is 25.2. The second kappa shape index (κ2) is 9.11. The molecule has 0 radical (unpaired) electrons. The predicted molar refractivity (Wildman–Crippen MR) is 110 cm³/mol. The maximum atomic E-state index is 12.7. The van der Waals surface area contributed by atoms with E-state index in [1.165, 1.54) is 0 Å². The third-order valence-corrected chi connectivity index (χ3v) is 4.55. The van der Waals surface area contributed by atoms with Crippen LogP contribution in [0.15, 0.2) is 84.9 Å². The zero-order chi connectivity index (χ0) is 19.9. The molecule has 3 aromatic rings. The van der Waals surface area contributed by atoms with Gasteiger partial charge in [0, 0.05) is 11.6 Å². The Bertz CT molecular complexity index is 921. The van der Waals surface area contributed by atoms with Crippen molar-refractivity contribution in [2.45, 2.75) is 25.9 Å². The van der Waals surface area contributed by atoms with Gasteiger partial charge < -0.3 is 10.1 Å². The van der Waals surface area contributed by atoms with E-state index in [1.807, 2.05) is 50.2 Å². The number of benzene rings is 3. The fraction of sp³-hybridized carbons (Fsp3) is 0.167. The Morgan fingerprint density at radius 2 is 1.32 bits per heavy atom. The highest BCUT2D eigenvalue weighted by atomic mass is 16.5. The summed E-state index contributed by atoms with van der Waals surface area (Å²) >= 11 is 0. The maximum absolute atomic E-state index is 12.7. The summed E-state index contributed by atoms with van der Waals surface area (Å²) in [5, 5.41) is 3.33. The number of hydrogen-bond donors (Lipinski definition) is 1. The molecule has 28 heavy (non-hydrogen) atoms. The molecule has 3 aromatic carbocycles. The third kappa shape index (κ3) is 4.93. The van der Waals surface area contributed by atoms with Crippen molar-refractivity contribution in [1.29, 1.82) is 0 Å². The number of ether oxygens (including phenoxy) is 1. The first-order chi connectivity index (χ1) is 13.5. The quantitative estimate of drug-likeness (QED) is 0.366. The van der Waals surface area contributed by atoms with Crippen molar-refractivity contribution in [2.24, 2.45) is 0 Å². The van der Waals surface area contributed by atoms with E-state index < -0.39 is 5.97 Å². The van der Waals surface area contributed by atoms with E-state index in [2.05, 4.69) is 5.32 Å². The molecular weight excluding hydrogens is 350 g/mol. The summed E-state index contributed by atoms with van der Waals surface area (Å²) in [4.78, 5) is 24.8. The molecule has 0 fully saturated rings. The molecule has 4 nitrogen and oxygen atoms in total. The second-order valence-electron chi connectivity index (χ2n) is 6.66. The van der Waals surface area contributed by atoms with Crippen LogP contribution in [0.4, 0.5) is 0 Å². The average molecular weight is 373 g/mol. The van der Waals surface area contributed by atoms with E-state index in [9.17, 15) is 9.59 Å². The van der Waals surface area contributed by atoms with Gasteiger partial charge in [0.25, 0.3) is 0 Å². The molecule has 0 aliphatic rings. The Labute approximate surface area is 165 Å². The molecule has 0 heterocycles. The lowest BCUT2D eigenvalue weighted by molar-refractivity contribution is 0.0734. The fourth-order valence-corrected chi connectivity index (χ4v) is 2.97. The second-order valence-corrected chi connectivity index (χ2v) is 6.66. The SMILES string of the molecule is C[C@@H](N[C@H](C)c1ccccc1)C(=O)c1ccc(OC(=O)c2ccccc2)cc1. The lowest BCUT2D eigenvalue weighted by Crippen LogP contribution is -2.35. The Balaban J connectivity index is 1.60. The van der Waals surface area contributed by atoms with Crippen molar-refractivity contribution in [2.75, 3.05) is 0 Å². The minimum Gasteiger partial charge on any atom is -0.423 e. The summed E-state index contributed by atoms with van der Waals surface area (Å²) in [6.07, 6.45) is 0. The minimum atomic E-state index is -0.425. The smallest absolute Gasteiger partial charge is 0.343 e. The maximum Gasteiger partial charge on any atom is 0.343 e. The minimum absolute atomic E-state index is 0.0104. The Morgan fingerprint density at radius 3 is 1.93 bits per heavy atom. The van der Waals surface area contributed by atoms with Crippen LogP contribution in [0.5, 0.6) is 5.75 Å². The summed E-state index contributed by atoms with van der Waals surface area (Å²) in [7, 11) is 0. The van der Waals surface area contributed by atoms with E-state index in [0.717, 1.165) is 5.56 Å². The van der Waals surface area contributed by atoms with Gasteiger partial charge in [-0.05, 0) is 55.8 Å². The number of carbonyl (C=O) groups excluding carboxylic acids is 2. The molecule has 0 spiro atoms. The first-order valence-electron chi connectivity index (χ1n) is 9.27. The van der Waals surface area contributed by atoms with Gasteiger partial charge in [0.2, 0.25) is 0 Å². The lowest BCUT2D eigenvalue weighted by Gasteiger charge is -2.19. The van der Waals surface area contributed by atoms with Gasteiger partial charge in [0.15, 0.2) is 5.78 Å². The number of carbonyl (C=O) groups is 2. The van der Waals surface area contributed by atoms with Crippen LogP contribution in [-0.4, -0.2) is 17.8 Å². The van der Waals surface area contributed by atoms with Crippen LogP contribution in [0.3, 0.4) is 0 Å². The van der Waals surface area contributed by atoms with E-state index >= 15 is 0 Å². The molecule has 0 aliphatic heterocycles. The predicted octanol–water partition coefficient (Wildman–Crippen LogP) is 4.83. The van der Waals surface area contributed by atoms with Gasteiger partial charge in [-0.2, -0.15) is 0 Å². The zero-order valence-electron chi connectivity index (χ0n) is 16.0. The first-order valence-corrected chi connectivity index (χ1v) is 9.27. The monoisotopic (exact) mass is 373 g/mol. The van der Waals surface area contributed by atoms with Crippen LogP contribution >= 0.6 is 0 Å². The topological polar surface area (TPSA) is 55.4 Å². The van der Waals surface area contributed by atoms with Gasteiger partial charge in [-0.1, -0.05) is 48.5 Å². The van der Waals surface area contributed by atoms with Crippen LogP contribution in [0.25, 0.3) is 0 Å². The average Bonchev–Trinajstić information content (AvgIpc) is 2.75. The summed E-state index contributed by atoms with van der Waals surface area (Å²) in [5.74, 6) is -0.0289. The third-order valence-electron chi connectivity index (χ3n) is 4.55. The number of hydrogen-bond acceptors (Lipinski definition) is 4. The van der Waals surface area contributed by atoms with Crippen molar-refractivity contribution < 1.29 is 14.3 Å². The molecule has 2 atom stereocenters. The molecule has 142 valence electrons. The van der Waals surface area contributed by atoms with Crippen molar-refractivity contribution >= 4 is 11.8 Å². The molecule has 0 aromatic heterocycles. The van der Waals surface area contributed by atoms with Gasteiger partial charge >= 0.3 is 5.97 Å². The molecule has 0 saturated carbocycles. The van der Waals surface area contributed by atoms with Crippen molar-refractivity contribution in [3.63, 3.8) is 0 Å². The highest BCUT2D eigenvalue weighted by molar-refractivity contribution is 6.00. The number of esters is 1.